The molecule has 2 aliphatic rings. The van der Waals surface area contributed by atoms with Crippen LogP contribution in [0.2, 0.25) is 0 Å². The Morgan fingerprint density at radius 1 is 1.16 bits per heavy atom. The Morgan fingerprint density at radius 2 is 1.84 bits per heavy atom. The van der Waals surface area contributed by atoms with Crippen LogP contribution in [0.4, 0.5) is 10.1 Å². The number of amidine groups is 1. The Hall–Kier alpha value is -3.59. The van der Waals surface area contributed by atoms with Crippen molar-refractivity contribution in [1.29, 1.82) is 0 Å². The van der Waals surface area contributed by atoms with E-state index < -0.39 is 11.0 Å². The summed E-state index contributed by atoms with van der Waals surface area (Å²) in [5, 5.41) is 14.5. The molecule has 1 amide bonds. The first-order valence-corrected chi connectivity index (χ1v) is 10.4. The Labute approximate surface area is 185 Å². The van der Waals surface area contributed by atoms with Gasteiger partial charge in [0.25, 0.3) is 11.6 Å². The van der Waals surface area contributed by atoms with E-state index in [1.165, 1.54) is 24.3 Å². The van der Waals surface area contributed by atoms with Crippen molar-refractivity contribution in [3.63, 3.8) is 0 Å². The van der Waals surface area contributed by atoms with E-state index in [0.717, 1.165) is 13.1 Å². The number of rotatable bonds is 4. The van der Waals surface area contributed by atoms with Gasteiger partial charge in [-0.15, -0.1) is 0 Å². The van der Waals surface area contributed by atoms with Crippen molar-refractivity contribution in [2.24, 2.45) is 4.99 Å². The van der Waals surface area contributed by atoms with E-state index in [4.69, 9.17) is 4.99 Å². The smallest absolute Gasteiger partial charge is 0.269 e. The first kappa shape index (κ1) is 21.6. The summed E-state index contributed by atoms with van der Waals surface area (Å²) in [6.45, 7) is 4.55. The summed E-state index contributed by atoms with van der Waals surface area (Å²) in [6, 6.07) is 11.4. The summed E-state index contributed by atoms with van der Waals surface area (Å²) in [7, 11) is 2.01. The molecular weight excluding hydrogens is 413 g/mol. The first-order valence-electron chi connectivity index (χ1n) is 10.4. The van der Waals surface area contributed by atoms with Crippen molar-refractivity contribution in [3.8, 4) is 0 Å². The fraction of sp³-hybridized carbons (Fsp3) is 0.304. The van der Waals surface area contributed by atoms with Crippen LogP contribution in [-0.4, -0.2) is 59.7 Å². The molecule has 2 heterocycles. The minimum Gasteiger partial charge on any atom is -0.343 e. The molecule has 2 aliphatic heterocycles. The number of nitro benzene ring substituents is 1. The van der Waals surface area contributed by atoms with Crippen LogP contribution in [0.25, 0.3) is 0 Å². The maximum Gasteiger partial charge on any atom is 0.269 e. The van der Waals surface area contributed by atoms with Crippen LogP contribution in [0.1, 0.15) is 24.1 Å². The predicted molar refractivity (Wildman–Crippen MR) is 119 cm³/mol. The zero-order valence-corrected chi connectivity index (χ0v) is 17.9. The normalized spacial score (nSPS) is 19.4. The second kappa shape index (κ2) is 8.88. The molecule has 0 radical (unpaired) electrons. The lowest BCUT2D eigenvalue weighted by atomic mass is 9.93. The van der Waals surface area contributed by atoms with E-state index in [9.17, 15) is 19.3 Å². The maximum atomic E-state index is 13.5. The summed E-state index contributed by atoms with van der Waals surface area (Å²) in [5.41, 5.74) is 2.23. The van der Waals surface area contributed by atoms with Crippen molar-refractivity contribution in [1.82, 2.24) is 15.1 Å². The maximum absolute atomic E-state index is 13.5. The standard InChI is InChI=1S/C23H24FN5O3/c1-15-20(23(30)28-12-10-27(2)11-13-28)21(17-4-3-5-19(14-17)29(31)32)26-22(25-15)16-6-8-18(24)9-7-16/h3-9,14,21H,10-13H2,1-2H3,(H,25,26). The van der Waals surface area contributed by atoms with Gasteiger partial charge in [-0.1, -0.05) is 12.1 Å². The van der Waals surface area contributed by atoms with Gasteiger partial charge in [-0.2, -0.15) is 0 Å². The van der Waals surface area contributed by atoms with Crippen LogP contribution in [0.5, 0.6) is 0 Å². The second-order valence-corrected chi connectivity index (χ2v) is 8.00. The molecule has 0 aromatic heterocycles. The van der Waals surface area contributed by atoms with Crippen molar-refractivity contribution in [2.45, 2.75) is 13.0 Å². The highest BCUT2D eigenvalue weighted by Gasteiger charge is 2.33. The van der Waals surface area contributed by atoms with Crippen molar-refractivity contribution in [2.75, 3.05) is 33.2 Å². The van der Waals surface area contributed by atoms with E-state index in [1.807, 2.05) is 7.05 Å². The van der Waals surface area contributed by atoms with Crippen molar-refractivity contribution in [3.05, 3.63) is 86.9 Å². The number of nitrogens with one attached hydrogen (secondary N) is 1. The molecule has 1 N–H and O–H groups in total. The third kappa shape index (κ3) is 4.38. The molecule has 0 saturated carbocycles. The van der Waals surface area contributed by atoms with E-state index in [2.05, 4.69) is 10.2 Å². The summed E-state index contributed by atoms with van der Waals surface area (Å²) >= 11 is 0. The summed E-state index contributed by atoms with van der Waals surface area (Å²) in [6.07, 6.45) is 0. The molecule has 166 valence electrons. The molecular formula is C23H24FN5O3. The third-order valence-electron chi connectivity index (χ3n) is 5.78. The monoisotopic (exact) mass is 437 g/mol. The lowest BCUT2D eigenvalue weighted by Gasteiger charge is -2.35. The number of allylic oxidation sites excluding steroid dienone is 1. The molecule has 1 saturated heterocycles. The van der Waals surface area contributed by atoms with Gasteiger partial charge in [0.05, 0.1) is 10.5 Å². The summed E-state index contributed by atoms with van der Waals surface area (Å²) < 4.78 is 13.4. The van der Waals surface area contributed by atoms with Crippen molar-refractivity contribution >= 4 is 17.4 Å². The lowest BCUT2D eigenvalue weighted by Crippen LogP contribution is -2.49. The number of benzene rings is 2. The Morgan fingerprint density at radius 3 is 2.50 bits per heavy atom. The van der Waals surface area contributed by atoms with Crippen LogP contribution in [0.3, 0.4) is 0 Å². The minimum absolute atomic E-state index is 0.0661. The van der Waals surface area contributed by atoms with E-state index in [0.29, 0.717) is 41.3 Å². The number of non-ortho nitro benzene ring substituents is 1. The van der Waals surface area contributed by atoms with E-state index in [-0.39, 0.29) is 17.4 Å². The number of amides is 1. The number of piperazine rings is 1. The van der Waals surface area contributed by atoms with Crippen LogP contribution in [-0.2, 0) is 4.79 Å². The number of nitrogens with zero attached hydrogens (tertiary/aromatic N) is 4. The van der Waals surface area contributed by atoms with Gasteiger partial charge in [-0.05, 0) is 43.8 Å². The summed E-state index contributed by atoms with van der Waals surface area (Å²) in [4.78, 5) is 33.1. The highest BCUT2D eigenvalue weighted by atomic mass is 19.1. The van der Waals surface area contributed by atoms with Crippen LogP contribution in [0.15, 0.2) is 64.8 Å². The number of halogens is 1. The zero-order chi connectivity index (χ0) is 22.8. The Bertz CT molecular complexity index is 1100. The molecule has 2 aromatic carbocycles. The number of hydrogen-bond donors (Lipinski definition) is 1. The molecule has 1 fully saturated rings. The average Bonchev–Trinajstić information content (AvgIpc) is 2.79. The van der Waals surface area contributed by atoms with Gasteiger partial charge in [-0.25, -0.2) is 4.39 Å². The van der Waals surface area contributed by atoms with Crippen LogP contribution >= 0.6 is 0 Å². The molecule has 9 heteroatoms. The third-order valence-corrected chi connectivity index (χ3v) is 5.78. The SMILES string of the molecule is CC1=C(C(=O)N2CCN(C)CC2)C(c2cccc([N+](=O)[O-])c2)N=C(c2ccc(F)cc2)N1. The van der Waals surface area contributed by atoms with Gasteiger partial charge >= 0.3 is 0 Å². The van der Waals surface area contributed by atoms with Gasteiger partial charge in [0.2, 0.25) is 0 Å². The number of nitro groups is 1. The largest absolute Gasteiger partial charge is 0.343 e. The highest BCUT2D eigenvalue weighted by Crippen LogP contribution is 2.34. The Kier molecular flexibility index (Phi) is 6.00. The summed E-state index contributed by atoms with van der Waals surface area (Å²) in [5.74, 6) is -0.0194. The van der Waals surface area contributed by atoms with E-state index >= 15 is 0 Å². The topological polar surface area (TPSA) is 91.1 Å². The minimum atomic E-state index is -0.719. The molecule has 8 nitrogen and oxygen atoms in total. The van der Waals surface area contributed by atoms with Crippen LogP contribution in [0, 0.1) is 15.9 Å². The number of hydrogen-bond acceptors (Lipinski definition) is 6. The number of likely N-dealkylation sites (N-methyl/N-ethyl adjacent to an activating group) is 1. The molecule has 0 spiro atoms. The highest BCUT2D eigenvalue weighted by molar-refractivity contribution is 6.04. The number of carbonyl (C=O) groups excluding carboxylic acids is 1. The molecule has 4 rings (SSSR count). The van der Waals surface area contributed by atoms with Crippen LogP contribution < -0.4 is 5.32 Å². The van der Waals surface area contributed by atoms with E-state index in [1.54, 1.807) is 36.1 Å². The van der Waals surface area contributed by atoms with Gasteiger partial charge in [0.15, 0.2) is 0 Å². The first-order chi connectivity index (χ1) is 15.3. The van der Waals surface area contributed by atoms with Gasteiger partial charge in [-0.3, -0.25) is 19.9 Å². The van der Waals surface area contributed by atoms with Gasteiger partial charge < -0.3 is 15.1 Å². The fourth-order valence-electron chi connectivity index (χ4n) is 3.94. The zero-order valence-electron chi connectivity index (χ0n) is 17.9. The lowest BCUT2D eigenvalue weighted by molar-refractivity contribution is -0.384. The fourth-order valence-corrected chi connectivity index (χ4v) is 3.94. The molecule has 0 aliphatic carbocycles. The number of aliphatic imine (C=N–C) groups is 1. The molecule has 2 aromatic rings. The second-order valence-electron chi connectivity index (χ2n) is 8.00. The average molecular weight is 437 g/mol. The predicted octanol–water partition coefficient (Wildman–Crippen LogP) is 2.87. The van der Waals surface area contributed by atoms with Crippen molar-refractivity contribution < 1.29 is 14.1 Å². The van der Waals surface area contributed by atoms with Gasteiger partial charge in [0.1, 0.15) is 17.7 Å². The van der Waals surface area contributed by atoms with Gasteiger partial charge in [0, 0.05) is 49.6 Å². The molecule has 32 heavy (non-hydrogen) atoms. The molecule has 1 unspecified atom stereocenters. The quantitative estimate of drug-likeness (QED) is 0.587. The number of carbonyl (C=O) groups is 1. The molecule has 1 atom stereocenters. The Balaban J connectivity index is 1.76. The molecule has 0 bridgehead atoms.